The molecule has 1 rings (SSSR count). The Morgan fingerprint density at radius 2 is 2.10 bits per heavy atom. The van der Waals surface area contributed by atoms with E-state index in [1.54, 1.807) is 6.07 Å². The normalized spacial score (nSPS) is 12.4. The zero-order chi connectivity index (χ0) is 15.1. The number of nitrogens with one attached hydrogen (secondary N) is 1. The number of halogens is 1. The van der Waals surface area contributed by atoms with E-state index < -0.39 is 5.97 Å². The summed E-state index contributed by atoms with van der Waals surface area (Å²) in [6.45, 7) is 4.75. The zero-order valence-corrected chi connectivity index (χ0v) is 14.1. The molecule has 0 fully saturated rings. The summed E-state index contributed by atoms with van der Waals surface area (Å²) >= 11 is 4.81. The first kappa shape index (κ1) is 17.2. The van der Waals surface area contributed by atoms with Gasteiger partial charge in [0.15, 0.2) is 0 Å². The summed E-state index contributed by atoms with van der Waals surface area (Å²) in [5.74, 6) is -0.0994. The Kier molecular flexibility index (Phi) is 7.23. The van der Waals surface area contributed by atoms with Crippen LogP contribution in [0.4, 0.5) is 0 Å². The lowest BCUT2D eigenvalue weighted by molar-refractivity contribution is -0.137. The van der Waals surface area contributed by atoms with Gasteiger partial charge in [0.25, 0.3) is 5.91 Å². The van der Waals surface area contributed by atoms with E-state index in [1.807, 2.05) is 5.38 Å². The molecule has 6 heteroatoms. The fourth-order valence-electron chi connectivity index (χ4n) is 2.02. The lowest BCUT2D eigenvalue weighted by Gasteiger charge is -2.20. The van der Waals surface area contributed by atoms with Crippen molar-refractivity contribution in [2.75, 3.05) is 6.54 Å². The Morgan fingerprint density at radius 3 is 2.60 bits per heavy atom. The second kappa shape index (κ2) is 8.42. The van der Waals surface area contributed by atoms with Gasteiger partial charge in [-0.1, -0.05) is 13.8 Å². The molecule has 2 N–H and O–H groups in total. The molecule has 0 saturated carbocycles. The maximum atomic E-state index is 11.9. The summed E-state index contributed by atoms with van der Waals surface area (Å²) in [5, 5.41) is 13.4. The van der Waals surface area contributed by atoms with Crippen LogP contribution in [0.25, 0.3) is 0 Å². The average Bonchev–Trinajstić information content (AvgIpc) is 2.79. The van der Waals surface area contributed by atoms with E-state index in [4.69, 9.17) is 5.11 Å². The number of amides is 1. The molecule has 4 nitrogen and oxygen atoms in total. The van der Waals surface area contributed by atoms with Gasteiger partial charge in [-0.15, -0.1) is 11.3 Å². The van der Waals surface area contributed by atoms with E-state index in [-0.39, 0.29) is 12.3 Å². The number of carboxylic acid groups (broad SMARTS) is 1. The molecular formula is C14H20BrNO3S. The number of carboxylic acids is 1. The maximum absolute atomic E-state index is 11.9. The SMILES string of the molecule is CC(C)C(CCNC(=O)c1csc(Br)c1)CCC(=O)O. The highest BCUT2D eigenvalue weighted by Gasteiger charge is 2.15. The minimum atomic E-state index is -0.761. The van der Waals surface area contributed by atoms with Crippen molar-refractivity contribution >= 4 is 39.1 Å². The third-order valence-electron chi connectivity index (χ3n) is 3.30. The summed E-state index contributed by atoms with van der Waals surface area (Å²) in [7, 11) is 0. The molecule has 0 aliphatic carbocycles. The lowest BCUT2D eigenvalue weighted by Crippen LogP contribution is -2.26. The van der Waals surface area contributed by atoms with Crippen LogP contribution in [-0.2, 0) is 4.79 Å². The topological polar surface area (TPSA) is 66.4 Å². The van der Waals surface area contributed by atoms with Gasteiger partial charge in [-0.25, -0.2) is 0 Å². The van der Waals surface area contributed by atoms with Crippen LogP contribution >= 0.6 is 27.3 Å². The van der Waals surface area contributed by atoms with Gasteiger partial charge in [-0.3, -0.25) is 9.59 Å². The lowest BCUT2D eigenvalue weighted by atomic mass is 9.88. The van der Waals surface area contributed by atoms with Gasteiger partial charge in [0.05, 0.1) is 9.35 Å². The number of hydrogen-bond donors (Lipinski definition) is 2. The summed E-state index contributed by atoms with van der Waals surface area (Å²) in [4.78, 5) is 22.5. The smallest absolute Gasteiger partial charge is 0.303 e. The predicted octanol–water partition coefficient (Wildman–Crippen LogP) is 3.77. The van der Waals surface area contributed by atoms with Gasteiger partial charge in [0.1, 0.15) is 0 Å². The van der Waals surface area contributed by atoms with Crippen LogP contribution in [0, 0.1) is 11.8 Å². The van der Waals surface area contributed by atoms with Crippen molar-refractivity contribution in [1.29, 1.82) is 0 Å². The molecule has 1 atom stereocenters. The Hall–Kier alpha value is -0.880. The second-order valence-corrected chi connectivity index (χ2v) is 7.41. The van der Waals surface area contributed by atoms with Gasteiger partial charge >= 0.3 is 5.97 Å². The number of rotatable bonds is 8. The standard InChI is InChI=1S/C14H20BrNO3S/c1-9(2)10(3-4-13(17)18)5-6-16-14(19)11-7-12(15)20-8-11/h7-10H,3-6H2,1-2H3,(H,16,19)(H,17,18). The van der Waals surface area contributed by atoms with E-state index >= 15 is 0 Å². The molecule has 1 aromatic rings. The summed E-state index contributed by atoms with van der Waals surface area (Å²) < 4.78 is 0.934. The largest absolute Gasteiger partial charge is 0.481 e. The first-order chi connectivity index (χ1) is 9.40. The van der Waals surface area contributed by atoms with E-state index in [0.717, 1.165) is 10.2 Å². The highest BCUT2D eigenvalue weighted by molar-refractivity contribution is 9.11. The maximum Gasteiger partial charge on any atom is 0.303 e. The van der Waals surface area contributed by atoms with E-state index in [1.165, 1.54) is 11.3 Å². The number of thiophene rings is 1. The number of carbonyl (C=O) groups excluding carboxylic acids is 1. The Morgan fingerprint density at radius 1 is 1.40 bits per heavy atom. The van der Waals surface area contributed by atoms with Crippen molar-refractivity contribution < 1.29 is 14.7 Å². The van der Waals surface area contributed by atoms with Crippen molar-refractivity contribution in [1.82, 2.24) is 5.32 Å². The van der Waals surface area contributed by atoms with Crippen molar-refractivity contribution in [2.45, 2.75) is 33.1 Å². The molecule has 112 valence electrons. The highest BCUT2D eigenvalue weighted by atomic mass is 79.9. The first-order valence-corrected chi connectivity index (χ1v) is 8.31. The molecule has 0 aliphatic rings. The van der Waals surface area contributed by atoms with E-state index in [9.17, 15) is 9.59 Å². The number of carbonyl (C=O) groups is 2. The molecule has 0 spiro atoms. The molecule has 20 heavy (non-hydrogen) atoms. The summed E-state index contributed by atoms with van der Waals surface area (Å²) in [6.07, 6.45) is 1.66. The average molecular weight is 362 g/mol. The van der Waals surface area contributed by atoms with Crippen LogP contribution in [0.15, 0.2) is 15.2 Å². The highest BCUT2D eigenvalue weighted by Crippen LogP contribution is 2.22. The molecule has 1 heterocycles. The van der Waals surface area contributed by atoms with Crippen molar-refractivity contribution in [3.63, 3.8) is 0 Å². The quantitative estimate of drug-likeness (QED) is 0.740. The third-order valence-corrected chi connectivity index (χ3v) is 4.81. The number of hydrogen-bond acceptors (Lipinski definition) is 3. The van der Waals surface area contributed by atoms with Gasteiger partial charge < -0.3 is 10.4 Å². The van der Waals surface area contributed by atoms with Crippen LogP contribution in [-0.4, -0.2) is 23.5 Å². The molecule has 0 bridgehead atoms. The molecule has 0 aromatic carbocycles. The first-order valence-electron chi connectivity index (χ1n) is 6.64. The summed E-state index contributed by atoms with van der Waals surface area (Å²) in [5.41, 5.74) is 0.661. The van der Waals surface area contributed by atoms with Crippen molar-refractivity contribution in [3.05, 3.63) is 20.8 Å². The monoisotopic (exact) mass is 361 g/mol. The van der Waals surface area contributed by atoms with Gasteiger partial charge in [-0.2, -0.15) is 0 Å². The minimum Gasteiger partial charge on any atom is -0.481 e. The molecule has 1 aromatic heterocycles. The van der Waals surface area contributed by atoms with Gasteiger partial charge in [-0.05, 0) is 46.7 Å². The van der Waals surface area contributed by atoms with Crippen LogP contribution < -0.4 is 5.32 Å². The Balaban J connectivity index is 2.36. The molecule has 1 amide bonds. The van der Waals surface area contributed by atoms with Crippen LogP contribution in [0.3, 0.4) is 0 Å². The van der Waals surface area contributed by atoms with Crippen molar-refractivity contribution in [2.24, 2.45) is 11.8 Å². The minimum absolute atomic E-state index is 0.0762. The number of aliphatic carboxylic acids is 1. The Labute approximate surface area is 131 Å². The summed E-state index contributed by atoms with van der Waals surface area (Å²) in [6, 6.07) is 1.80. The van der Waals surface area contributed by atoms with E-state index in [2.05, 4.69) is 35.1 Å². The van der Waals surface area contributed by atoms with Gasteiger partial charge in [0, 0.05) is 18.3 Å². The molecule has 0 aliphatic heterocycles. The fraction of sp³-hybridized carbons (Fsp3) is 0.571. The van der Waals surface area contributed by atoms with Crippen LogP contribution in [0.2, 0.25) is 0 Å². The Bertz CT molecular complexity index is 459. The predicted molar refractivity (Wildman–Crippen MR) is 84.2 cm³/mol. The molecule has 1 unspecified atom stereocenters. The second-order valence-electron chi connectivity index (χ2n) is 5.12. The molecule has 0 radical (unpaired) electrons. The molecule has 0 saturated heterocycles. The van der Waals surface area contributed by atoms with Crippen LogP contribution in [0.1, 0.15) is 43.5 Å². The van der Waals surface area contributed by atoms with Crippen LogP contribution in [0.5, 0.6) is 0 Å². The molecular weight excluding hydrogens is 342 g/mol. The van der Waals surface area contributed by atoms with Crippen molar-refractivity contribution in [3.8, 4) is 0 Å². The van der Waals surface area contributed by atoms with Gasteiger partial charge in [0.2, 0.25) is 0 Å². The van der Waals surface area contributed by atoms with E-state index in [0.29, 0.717) is 30.4 Å². The fourth-order valence-corrected chi connectivity index (χ4v) is 3.16. The zero-order valence-electron chi connectivity index (χ0n) is 11.7. The third kappa shape index (κ3) is 6.05.